The van der Waals surface area contributed by atoms with Crippen LogP contribution in [0.5, 0.6) is 0 Å². The Balaban J connectivity index is 2.49. The molecule has 0 aliphatic carbocycles. The van der Waals surface area contributed by atoms with Crippen LogP contribution in [0.2, 0.25) is 0 Å². The first-order valence-electron chi connectivity index (χ1n) is 4.11. The molecule has 1 aromatic heterocycles. The quantitative estimate of drug-likeness (QED) is 0.765. The second-order valence-corrected chi connectivity index (χ2v) is 3.73. The second-order valence-electron chi connectivity index (χ2n) is 3.02. The molecule has 0 radical (unpaired) electrons. The van der Waals surface area contributed by atoms with Crippen LogP contribution in [-0.4, -0.2) is 9.55 Å². The summed E-state index contributed by atoms with van der Waals surface area (Å²) in [4.78, 5) is 4.23. The van der Waals surface area contributed by atoms with Crippen LogP contribution in [0.3, 0.4) is 0 Å². The molecular formula is C10H8BrFN2. The van der Waals surface area contributed by atoms with Gasteiger partial charge >= 0.3 is 0 Å². The van der Waals surface area contributed by atoms with Crippen molar-refractivity contribution in [3.8, 4) is 11.3 Å². The third kappa shape index (κ3) is 1.70. The summed E-state index contributed by atoms with van der Waals surface area (Å²) in [7, 11) is 1.87. The molecule has 0 unspecified atom stereocenters. The van der Waals surface area contributed by atoms with Crippen LogP contribution in [0, 0.1) is 5.82 Å². The number of aromatic nitrogens is 2. The Morgan fingerprint density at radius 2 is 2.21 bits per heavy atom. The molecule has 0 N–H and O–H groups in total. The molecule has 1 heterocycles. The van der Waals surface area contributed by atoms with E-state index in [1.807, 2.05) is 23.9 Å². The van der Waals surface area contributed by atoms with E-state index in [0.717, 1.165) is 16.0 Å². The Morgan fingerprint density at radius 1 is 1.43 bits per heavy atom. The monoisotopic (exact) mass is 254 g/mol. The van der Waals surface area contributed by atoms with Crippen molar-refractivity contribution >= 4 is 15.9 Å². The molecule has 72 valence electrons. The van der Waals surface area contributed by atoms with Gasteiger partial charge in [-0.15, -0.1) is 0 Å². The van der Waals surface area contributed by atoms with Crippen molar-refractivity contribution in [3.63, 3.8) is 0 Å². The third-order valence-electron chi connectivity index (χ3n) is 1.94. The van der Waals surface area contributed by atoms with Crippen molar-refractivity contribution in [2.75, 3.05) is 0 Å². The van der Waals surface area contributed by atoms with Crippen LogP contribution in [0.25, 0.3) is 11.3 Å². The molecule has 4 heteroatoms. The fraction of sp³-hybridized carbons (Fsp3) is 0.100. The number of hydrogen-bond acceptors (Lipinski definition) is 1. The van der Waals surface area contributed by atoms with Crippen molar-refractivity contribution in [2.45, 2.75) is 0 Å². The maximum atomic E-state index is 12.9. The first-order valence-corrected chi connectivity index (χ1v) is 4.91. The van der Waals surface area contributed by atoms with Crippen molar-refractivity contribution < 1.29 is 4.39 Å². The van der Waals surface area contributed by atoms with Gasteiger partial charge in [-0.3, -0.25) is 0 Å². The Morgan fingerprint density at radius 3 is 2.79 bits per heavy atom. The smallest absolute Gasteiger partial charge is 0.177 e. The van der Waals surface area contributed by atoms with Gasteiger partial charge in [-0.1, -0.05) is 12.1 Å². The fourth-order valence-corrected chi connectivity index (χ4v) is 1.52. The number of benzene rings is 1. The van der Waals surface area contributed by atoms with Gasteiger partial charge in [-0.05, 0) is 28.1 Å². The lowest BCUT2D eigenvalue weighted by atomic mass is 10.2. The molecule has 0 aliphatic heterocycles. The molecule has 14 heavy (non-hydrogen) atoms. The van der Waals surface area contributed by atoms with Crippen LogP contribution in [-0.2, 0) is 7.05 Å². The maximum absolute atomic E-state index is 12.9. The van der Waals surface area contributed by atoms with Gasteiger partial charge in [0, 0.05) is 18.8 Å². The van der Waals surface area contributed by atoms with E-state index in [0.29, 0.717) is 0 Å². The summed E-state index contributed by atoms with van der Waals surface area (Å²) in [6.07, 6.45) is 1.85. The first-order chi connectivity index (χ1) is 6.66. The molecule has 2 nitrogen and oxygen atoms in total. The van der Waals surface area contributed by atoms with Crippen LogP contribution in [0.1, 0.15) is 0 Å². The van der Waals surface area contributed by atoms with E-state index in [-0.39, 0.29) is 5.82 Å². The minimum absolute atomic E-state index is 0.246. The van der Waals surface area contributed by atoms with Gasteiger partial charge in [-0.25, -0.2) is 9.37 Å². The Labute approximate surface area is 89.5 Å². The molecule has 2 rings (SSSR count). The molecule has 0 fully saturated rings. The lowest BCUT2D eigenvalue weighted by Gasteiger charge is -1.94. The van der Waals surface area contributed by atoms with E-state index in [1.54, 1.807) is 6.07 Å². The molecule has 0 bridgehead atoms. The second kappa shape index (κ2) is 3.53. The van der Waals surface area contributed by atoms with Crippen LogP contribution < -0.4 is 0 Å². The Bertz CT molecular complexity index is 445. The fourth-order valence-electron chi connectivity index (χ4n) is 1.23. The number of aryl methyl sites for hydroxylation is 1. The minimum Gasteiger partial charge on any atom is -0.328 e. The predicted octanol–water partition coefficient (Wildman–Crippen LogP) is 2.99. The van der Waals surface area contributed by atoms with Gasteiger partial charge in [0.1, 0.15) is 5.82 Å². The Kier molecular flexibility index (Phi) is 2.37. The lowest BCUT2D eigenvalue weighted by Crippen LogP contribution is -1.82. The molecule has 1 aromatic carbocycles. The van der Waals surface area contributed by atoms with Gasteiger partial charge in [-0.2, -0.15) is 0 Å². The molecule has 0 atom stereocenters. The van der Waals surface area contributed by atoms with E-state index in [2.05, 4.69) is 20.9 Å². The van der Waals surface area contributed by atoms with Gasteiger partial charge in [0.05, 0.1) is 5.69 Å². The maximum Gasteiger partial charge on any atom is 0.177 e. The average molecular weight is 255 g/mol. The average Bonchev–Trinajstić information content (AvgIpc) is 2.47. The van der Waals surface area contributed by atoms with Crippen LogP contribution in [0.15, 0.2) is 35.2 Å². The highest BCUT2D eigenvalue weighted by Crippen LogP contribution is 2.20. The van der Waals surface area contributed by atoms with E-state index in [4.69, 9.17) is 0 Å². The van der Waals surface area contributed by atoms with E-state index >= 15 is 0 Å². The summed E-state index contributed by atoms with van der Waals surface area (Å²) >= 11 is 3.29. The van der Waals surface area contributed by atoms with Crippen molar-refractivity contribution in [1.82, 2.24) is 9.55 Å². The standard InChI is InChI=1S/C10H8BrFN2/c1-14-6-9(13-10(14)11)7-3-2-4-8(12)5-7/h2-6H,1H3. The largest absolute Gasteiger partial charge is 0.328 e. The zero-order valence-electron chi connectivity index (χ0n) is 7.54. The first kappa shape index (κ1) is 9.40. The normalized spacial score (nSPS) is 10.5. The summed E-state index contributed by atoms with van der Waals surface area (Å²) < 4.78 is 15.5. The summed E-state index contributed by atoms with van der Waals surface area (Å²) in [5.41, 5.74) is 1.55. The summed E-state index contributed by atoms with van der Waals surface area (Å²) in [5, 5.41) is 0. The number of nitrogens with zero attached hydrogens (tertiary/aromatic N) is 2. The minimum atomic E-state index is -0.246. The molecule has 0 spiro atoms. The van der Waals surface area contributed by atoms with Crippen LogP contribution >= 0.6 is 15.9 Å². The van der Waals surface area contributed by atoms with Crippen molar-refractivity contribution in [1.29, 1.82) is 0 Å². The van der Waals surface area contributed by atoms with Gasteiger partial charge in [0.25, 0.3) is 0 Å². The highest BCUT2D eigenvalue weighted by atomic mass is 79.9. The van der Waals surface area contributed by atoms with Gasteiger partial charge in [0.2, 0.25) is 0 Å². The summed E-state index contributed by atoms with van der Waals surface area (Å²) in [6.45, 7) is 0. The highest BCUT2D eigenvalue weighted by molar-refractivity contribution is 9.10. The van der Waals surface area contributed by atoms with Crippen molar-refractivity contribution in [3.05, 3.63) is 41.0 Å². The van der Waals surface area contributed by atoms with Gasteiger partial charge < -0.3 is 4.57 Å². The molecule has 0 amide bonds. The number of halogens is 2. The number of imidazole rings is 1. The molecular weight excluding hydrogens is 247 g/mol. The zero-order chi connectivity index (χ0) is 10.1. The van der Waals surface area contributed by atoms with Crippen LogP contribution in [0.4, 0.5) is 4.39 Å². The summed E-state index contributed by atoms with van der Waals surface area (Å²) in [5.74, 6) is -0.246. The molecule has 0 aliphatic rings. The Hall–Kier alpha value is -1.16. The predicted molar refractivity (Wildman–Crippen MR) is 56.3 cm³/mol. The zero-order valence-corrected chi connectivity index (χ0v) is 9.12. The molecule has 0 saturated carbocycles. The van der Waals surface area contributed by atoms with Gasteiger partial charge in [0.15, 0.2) is 4.73 Å². The lowest BCUT2D eigenvalue weighted by molar-refractivity contribution is 0.628. The highest BCUT2D eigenvalue weighted by Gasteiger charge is 2.05. The topological polar surface area (TPSA) is 17.8 Å². The van der Waals surface area contributed by atoms with Crippen molar-refractivity contribution in [2.24, 2.45) is 7.05 Å². The van der Waals surface area contributed by atoms with E-state index in [1.165, 1.54) is 12.1 Å². The number of rotatable bonds is 1. The molecule has 0 saturated heterocycles. The van der Waals surface area contributed by atoms with E-state index in [9.17, 15) is 4.39 Å². The summed E-state index contributed by atoms with van der Waals surface area (Å²) in [6, 6.07) is 6.39. The SMILES string of the molecule is Cn1cc(-c2cccc(F)c2)nc1Br. The molecule has 2 aromatic rings. The number of hydrogen-bond donors (Lipinski definition) is 0. The van der Waals surface area contributed by atoms with E-state index < -0.39 is 0 Å². The third-order valence-corrected chi connectivity index (χ3v) is 2.68.